The second-order valence-corrected chi connectivity index (χ2v) is 6.54. The van der Waals surface area contributed by atoms with Crippen molar-refractivity contribution in [2.24, 2.45) is 0 Å². The Morgan fingerprint density at radius 2 is 2.00 bits per heavy atom. The third-order valence-electron chi connectivity index (χ3n) is 4.73. The van der Waals surface area contributed by atoms with E-state index in [1.54, 1.807) is 56.5 Å². The summed E-state index contributed by atoms with van der Waals surface area (Å²) in [4.78, 5) is 38.2. The molecule has 2 amide bonds. The summed E-state index contributed by atoms with van der Waals surface area (Å²) >= 11 is 0. The van der Waals surface area contributed by atoms with E-state index in [0.717, 1.165) is 5.39 Å². The van der Waals surface area contributed by atoms with Crippen molar-refractivity contribution < 1.29 is 28.3 Å². The average Bonchev–Trinajstić information content (AvgIpc) is 3.07. The zero-order valence-corrected chi connectivity index (χ0v) is 15.9. The van der Waals surface area contributed by atoms with Crippen molar-refractivity contribution in [2.75, 3.05) is 30.5 Å². The number of methoxy groups -OCH3 is 1. The molecule has 1 aliphatic rings. The quantitative estimate of drug-likeness (QED) is 0.684. The summed E-state index contributed by atoms with van der Waals surface area (Å²) in [6.07, 6.45) is 0. The molecule has 8 heteroatoms. The molecule has 0 bridgehead atoms. The molecule has 0 radical (unpaired) electrons. The molecular weight excluding hydrogens is 376 g/mol. The monoisotopic (exact) mass is 394 g/mol. The van der Waals surface area contributed by atoms with Gasteiger partial charge in [0.2, 0.25) is 11.7 Å². The van der Waals surface area contributed by atoms with Gasteiger partial charge in [0, 0.05) is 10.9 Å². The van der Waals surface area contributed by atoms with Crippen molar-refractivity contribution in [2.45, 2.75) is 6.92 Å². The Balaban J connectivity index is 1.50. The van der Waals surface area contributed by atoms with Gasteiger partial charge in [-0.2, -0.15) is 0 Å². The van der Waals surface area contributed by atoms with Crippen LogP contribution in [0.1, 0.15) is 16.1 Å². The van der Waals surface area contributed by atoms with Crippen molar-refractivity contribution in [3.8, 4) is 5.75 Å². The number of furan rings is 1. The van der Waals surface area contributed by atoms with Gasteiger partial charge in [-0.25, -0.2) is 4.79 Å². The Morgan fingerprint density at radius 3 is 2.79 bits per heavy atom. The zero-order valence-electron chi connectivity index (χ0n) is 15.9. The highest BCUT2D eigenvalue weighted by atomic mass is 16.5. The third kappa shape index (κ3) is 3.40. The van der Waals surface area contributed by atoms with Crippen molar-refractivity contribution in [3.05, 3.63) is 53.8 Å². The predicted molar refractivity (Wildman–Crippen MR) is 105 cm³/mol. The molecule has 0 atom stereocenters. The highest BCUT2D eigenvalue weighted by Gasteiger charge is 2.28. The average molecular weight is 394 g/mol. The van der Waals surface area contributed by atoms with Crippen LogP contribution < -0.4 is 15.0 Å². The molecule has 0 spiro atoms. The number of nitrogens with zero attached hydrogens (tertiary/aromatic N) is 1. The van der Waals surface area contributed by atoms with Crippen LogP contribution in [0.5, 0.6) is 5.75 Å². The number of para-hydroxylation sites is 2. The predicted octanol–water partition coefficient (Wildman–Crippen LogP) is 2.89. The summed E-state index contributed by atoms with van der Waals surface area (Å²) in [7, 11) is 1.55. The lowest BCUT2D eigenvalue weighted by Gasteiger charge is -2.28. The maximum Gasteiger partial charge on any atom is 0.375 e. The van der Waals surface area contributed by atoms with Crippen LogP contribution in [0.15, 0.2) is 46.9 Å². The van der Waals surface area contributed by atoms with Crippen LogP contribution in [0.3, 0.4) is 0 Å². The molecule has 0 fully saturated rings. The largest absolute Gasteiger partial charge is 0.497 e. The Hall–Kier alpha value is -3.81. The van der Waals surface area contributed by atoms with Gasteiger partial charge in [0.15, 0.2) is 6.61 Å². The normalized spacial score (nSPS) is 13.0. The summed E-state index contributed by atoms with van der Waals surface area (Å²) in [6.45, 7) is 1.08. The minimum Gasteiger partial charge on any atom is -0.497 e. The summed E-state index contributed by atoms with van der Waals surface area (Å²) in [5, 5.41) is 3.43. The molecule has 29 heavy (non-hydrogen) atoms. The van der Waals surface area contributed by atoms with Gasteiger partial charge in [0.1, 0.15) is 17.9 Å². The topological polar surface area (TPSA) is 98.1 Å². The molecule has 1 aliphatic heterocycles. The smallest absolute Gasteiger partial charge is 0.375 e. The van der Waals surface area contributed by atoms with Crippen LogP contribution in [0, 0.1) is 6.92 Å². The molecule has 0 aliphatic carbocycles. The Labute approximate surface area is 166 Å². The second kappa shape index (κ2) is 7.31. The number of benzene rings is 2. The molecule has 0 saturated heterocycles. The van der Waals surface area contributed by atoms with E-state index in [1.165, 1.54) is 4.90 Å². The molecule has 8 nitrogen and oxygen atoms in total. The first-order valence-electron chi connectivity index (χ1n) is 8.91. The van der Waals surface area contributed by atoms with Crippen LogP contribution in [0.25, 0.3) is 11.0 Å². The van der Waals surface area contributed by atoms with Gasteiger partial charge in [0.25, 0.3) is 5.91 Å². The van der Waals surface area contributed by atoms with Crippen LogP contribution in [-0.4, -0.2) is 38.0 Å². The number of rotatable bonds is 4. The number of aryl methyl sites for hydroxylation is 1. The fraction of sp³-hybridized carbons (Fsp3) is 0.190. The number of fused-ring (bicyclic) bond motifs is 2. The van der Waals surface area contributed by atoms with Gasteiger partial charge in [-0.1, -0.05) is 12.1 Å². The third-order valence-corrected chi connectivity index (χ3v) is 4.73. The molecule has 0 unspecified atom stereocenters. The van der Waals surface area contributed by atoms with Crippen molar-refractivity contribution >= 4 is 40.1 Å². The van der Waals surface area contributed by atoms with Crippen LogP contribution in [0.4, 0.5) is 11.4 Å². The van der Waals surface area contributed by atoms with E-state index >= 15 is 0 Å². The fourth-order valence-corrected chi connectivity index (χ4v) is 3.25. The van der Waals surface area contributed by atoms with E-state index in [1.807, 2.05) is 0 Å². The van der Waals surface area contributed by atoms with Crippen LogP contribution >= 0.6 is 0 Å². The standard InChI is InChI=1S/C21H18N2O6/c1-12-14-9-13(27-2)7-8-17(14)29-20(12)21(26)28-11-19(25)23-10-18(24)22-15-5-3-4-6-16(15)23/h3-9H,10-11H2,1-2H3,(H,22,24). The molecule has 3 aromatic rings. The van der Waals surface area contributed by atoms with E-state index < -0.39 is 18.5 Å². The second-order valence-electron chi connectivity index (χ2n) is 6.54. The van der Waals surface area contributed by atoms with E-state index in [-0.39, 0.29) is 18.2 Å². The summed E-state index contributed by atoms with van der Waals surface area (Å²) in [6, 6.07) is 12.1. The highest BCUT2D eigenvalue weighted by molar-refractivity contribution is 6.10. The number of ether oxygens (including phenoxy) is 2. The summed E-state index contributed by atoms with van der Waals surface area (Å²) in [5.41, 5.74) is 2.20. The Bertz CT molecular complexity index is 1130. The SMILES string of the molecule is COc1ccc2oc(C(=O)OCC(=O)N3CC(=O)Nc4ccccc43)c(C)c2c1. The molecular formula is C21H18N2O6. The molecule has 1 N–H and O–H groups in total. The first-order valence-corrected chi connectivity index (χ1v) is 8.91. The molecule has 0 saturated carbocycles. The maximum atomic E-state index is 12.6. The lowest BCUT2D eigenvalue weighted by atomic mass is 10.1. The van der Waals surface area contributed by atoms with Gasteiger partial charge in [-0.3, -0.25) is 14.5 Å². The number of amides is 2. The van der Waals surface area contributed by atoms with Gasteiger partial charge in [-0.15, -0.1) is 0 Å². The summed E-state index contributed by atoms with van der Waals surface area (Å²) < 4.78 is 16.0. The van der Waals surface area contributed by atoms with Gasteiger partial charge < -0.3 is 19.2 Å². The Morgan fingerprint density at radius 1 is 1.21 bits per heavy atom. The first-order chi connectivity index (χ1) is 14.0. The summed E-state index contributed by atoms with van der Waals surface area (Å²) in [5.74, 6) is -0.904. The zero-order chi connectivity index (χ0) is 20.5. The maximum absolute atomic E-state index is 12.6. The molecule has 2 heterocycles. The van der Waals surface area contributed by atoms with E-state index in [0.29, 0.717) is 28.3 Å². The highest BCUT2D eigenvalue weighted by Crippen LogP contribution is 2.30. The van der Waals surface area contributed by atoms with E-state index in [9.17, 15) is 14.4 Å². The minimum atomic E-state index is -0.749. The molecule has 2 aromatic carbocycles. The van der Waals surface area contributed by atoms with Crippen LogP contribution in [-0.2, 0) is 14.3 Å². The molecule has 148 valence electrons. The van der Waals surface area contributed by atoms with E-state index in [2.05, 4.69) is 5.32 Å². The van der Waals surface area contributed by atoms with E-state index in [4.69, 9.17) is 13.9 Å². The lowest BCUT2D eigenvalue weighted by Crippen LogP contribution is -2.44. The van der Waals surface area contributed by atoms with Gasteiger partial charge >= 0.3 is 5.97 Å². The Kier molecular flexibility index (Phi) is 4.67. The van der Waals surface area contributed by atoms with Gasteiger partial charge in [0.05, 0.1) is 18.5 Å². The minimum absolute atomic E-state index is 0.0258. The number of hydrogen-bond donors (Lipinski definition) is 1. The number of carbonyl (C=O) groups excluding carboxylic acids is 3. The van der Waals surface area contributed by atoms with Crippen molar-refractivity contribution in [1.29, 1.82) is 0 Å². The molecule has 4 rings (SSSR count). The number of nitrogens with one attached hydrogen (secondary N) is 1. The number of carbonyl (C=O) groups is 3. The molecule has 1 aromatic heterocycles. The first kappa shape index (κ1) is 18.5. The number of anilines is 2. The lowest BCUT2D eigenvalue weighted by molar-refractivity contribution is -0.124. The number of hydrogen-bond acceptors (Lipinski definition) is 6. The van der Waals surface area contributed by atoms with Crippen LogP contribution in [0.2, 0.25) is 0 Å². The van der Waals surface area contributed by atoms with Crippen molar-refractivity contribution in [1.82, 2.24) is 0 Å². The van der Waals surface area contributed by atoms with Gasteiger partial charge in [-0.05, 0) is 37.3 Å². The number of esters is 1. The van der Waals surface area contributed by atoms with Crippen molar-refractivity contribution in [3.63, 3.8) is 0 Å². The fourth-order valence-electron chi connectivity index (χ4n) is 3.25.